The van der Waals surface area contributed by atoms with Crippen molar-refractivity contribution in [3.63, 3.8) is 0 Å². The fraction of sp³-hybridized carbons (Fsp3) is 0.133. The summed E-state index contributed by atoms with van der Waals surface area (Å²) < 4.78 is 0. The smallest absolute Gasteiger partial charge is 0.0736 e. The lowest BCUT2D eigenvalue weighted by molar-refractivity contribution is -0.254. The third-order valence-electron chi connectivity index (χ3n) is 2.72. The van der Waals surface area contributed by atoms with Gasteiger partial charge in [0, 0.05) is 17.8 Å². The van der Waals surface area contributed by atoms with Gasteiger partial charge in [0.05, 0.1) is 5.97 Å². The van der Waals surface area contributed by atoms with Gasteiger partial charge in [0.1, 0.15) is 0 Å². The van der Waals surface area contributed by atoms with Crippen molar-refractivity contribution in [1.82, 2.24) is 0 Å². The van der Waals surface area contributed by atoms with Crippen LogP contribution in [0.4, 0.5) is 5.69 Å². The number of benzene rings is 2. The molecule has 0 aromatic heterocycles. The largest absolute Gasteiger partial charge is 0.545 e. The summed E-state index contributed by atoms with van der Waals surface area (Å²) in [5.74, 6) is -1.15. The molecule has 0 saturated heterocycles. The van der Waals surface area contributed by atoms with Crippen LogP contribution in [0.15, 0.2) is 54.6 Å². The van der Waals surface area contributed by atoms with Crippen LogP contribution in [-0.4, -0.2) is 12.5 Å². The van der Waals surface area contributed by atoms with E-state index in [9.17, 15) is 9.90 Å². The Balaban J connectivity index is 1.97. The van der Waals surface area contributed by atoms with Crippen LogP contribution >= 0.6 is 0 Å². The minimum atomic E-state index is -1.15. The first-order chi connectivity index (χ1) is 8.77. The average Bonchev–Trinajstić information content (AvgIpc) is 2.40. The van der Waals surface area contributed by atoms with Gasteiger partial charge in [-0.15, -0.1) is 0 Å². The molecule has 0 atom stereocenters. The van der Waals surface area contributed by atoms with Gasteiger partial charge in [-0.25, -0.2) is 0 Å². The highest BCUT2D eigenvalue weighted by Gasteiger charge is 2.01. The first-order valence-electron chi connectivity index (χ1n) is 5.85. The molecule has 3 heteroatoms. The Bertz CT molecular complexity index is 523. The van der Waals surface area contributed by atoms with Gasteiger partial charge < -0.3 is 15.2 Å². The normalized spacial score (nSPS) is 10.0. The second kappa shape index (κ2) is 5.87. The number of para-hydroxylation sites is 1. The van der Waals surface area contributed by atoms with E-state index < -0.39 is 5.97 Å². The lowest BCUT2D eigenvalue weighted by Crippen LogP contribution is -2.23. The van der Waals surface area contributed by atoms with Crippen molar-refractivity contribution in [3.8, 4) is 0 Å². The molecule has 0 aliphatic carbocycles. The predicted molar refractivity (Wildman–Crippen MR) is 69.4 cm³/mol. The molecular weight excluding hydrogens is 226 g/mol. The highest BCUT2D eigenvalue weighted by Crippen LogP contribution is 2.14. The summed E-state index contributed by atoms with van der Waals surface area (Å²) in [5, 5.41) is 14.0. The number of aromatic carboxylic acids is 1. The van der Waals surface area contributed by atoms with Gasteiger partial charge in [-0.3, -0.25) is 0 Å². The molecule has 0 heterocycles. The van der Waals surface area contributed by atoms with Crippen molar-refractivity contribution in [2.24, 2.45) is 0 Å². The van der Waals surface area contributed by atoms with Crippen molar-refractivity contribution < 1.29 is 9.90 Å². The van der Waals surface area contributed by atoms with E-state index >= 15 is 0 Å². The second-order valence-corrected chi connectivity index (χ2v) is 4.00. The maximum atomic E-state index is 10.9. The van der Waals surface area contributed by atoms with Crippen molar-refractivity contribution in [2.75, 3.05) is 11.9 Å². The molecule has 0 unspecified atom stereocenters. The zero-order chi connectivity index (χ0) is 12.8. The highest BCUT2D eigenvalue weighted by molar-refractivity contribution is 5.92. The summed E-state index contributed by atoms with van der Waals surface area (Å²) >= 11 is 0. The van der Waals surface area contributed by atoms with E-state index in [-0.39, 0.29) is 5.56 Å². The van der Waals surface area contributed by atoms with E-state index in [1.54, 1.807) is 24.3 Å². The summed E-state index contributed by atoms with van der Waals surface area (Å²) in [6.07, 6.45) is 0.849. The van der Waals surface area contributed by atoms with Crippen molar-refractivity contribution in [2.45, 2.75) is 6.42 Å². The van der Waals surface area contributed by atoms with Crippen LogP contribution in [0.3, 0.4) is 0 Å². The summed E-state index contributed by atoms with van der Waals surface area (Å²) in [6.45, 7) is 0.689. The van der Waals surface area contributed by atoms with E-state index in [0.29, 0.717) is 12.2 Å². The first-order valence-corrected chi connectivity index (χ1v) is 5.85. The SMILES string of the molecule is O=C([O-])c1ccccc1NCCc1ccccc1. The fourth-order valence-electron chi connectivity index (χ4n) is 1.80. The van der Waals surface area contributed by atoms with Crippen LogP contribution < -0.4 is 10.4 Å². The molecule has 0 bridgehead atoms. The molecule has 2 rings (SSSR count). The van der Waals surface area contributed by atoms with Crippen LogP contribution in [-0.2, 0) is 6.42 Å². The van der Waals surface area contributed by atoms with Crippen LogP contribution in [0.1, 0.15) is 15.9 Å². The third kappa shape index (κ3) is 3.10. The van der Waals surface area contributed by atoms with Crippen LogP contribution in [0.25, 0.3) is 0 Å². The second-order valence-electron chi connectivity index (χ2n) is 4.00. The van der Waals surface area contributed by atoms with Crippen molar-refractivity contribution in [1.29, 1.82) is 0 Å². The molecule has 92 valence electrons. The number of carboxylic acid groups (broad SMARTS) is 1. The number of hydrogen-bond acceptors (Lipinski definition) is 3. The molecule has 2 aromatic carbocycles. The standard InChI is InChI=1S/C15H15NO2/c17-15(18)13-8-4-5-9-14(13)16-11-10-12-6-2-1-3-7-12/h1-9,16H,10-11H2,(H,17,18)/p-1. The van der Waals surface area contributed by atoms with Gasteiger partial charge in [0.25, 0.3) is 0 Å². The summed E-state index contributed by atoms with van der Waals surface area (Å²) in [6, 6.07) is 16.8. The number of nitrogens with one attached hydrogen (secondary N) is 1. The van der Waals surface area contributed by atoms with Crippen LogP contribution in [0.5, 0.6) is 0 Å². The topological polar surface area (TPSA) is 52.2 Å². The fourth-order valence-corrected chi connectivity index (χ4v) is 1.80. The van der Waals surface area contributed by atoms with Crippen molar-refractivity contribution in [3.05, 3.63) is 65.7 Å². The summed E-state index contributed by atoms with van der Waals surface area (Å²) in [4.78, 5) is 10.9. The predicted octanol–water partition coefficient (Wildman–Crippen LogP) is 1.70. The zero-order valence-corrected chi connectivity index (χ0v) is 9.93. The van der Waals surface area contributed by atoms with Crippen LogP contribution in [0.2, 0.25) is 0 Å². The molecular formula is C15H14NO2-. The Morgan fingerprint density at radius 3 is 2.39 bits per heavy atom. The van der Waals surface area contributed by atoms with Gasteiger partial charge in [0.2, 0.25) is 0 Å². The number of carbonyl (C=O) groups is 1. The Kier molecular flexibility index (Phi) is 3.97. The number of anilines is 1. The number of rotatable bonds is 5. The Morgan fingerprint density at radius 2 is 1.67 bits per heavy atom. The lowest BCUT2D eigenvalue weighted by atomic mass is 10.1. The molecule has 18 heavy (non-hydrogen) atoms. The van der Waals surface area contributed by atoms with E-state index in [1.165, 1.54) is 5.56 Å². The van der Waals surface area contributed by atoms with Gasteiger partial charge in [0.15, 0.2) is 0 Å². The molecule has 0 fully saturated rings. The number of hydrogen-bond donors (Lipinski definition) is 1. The minimum Gasteiger partial charge on any atom is -0.545 e. The molecule has 0 aliphatic rings. The van der Waals surface area contributed by atoms with Gasteiger partial charge >= 0.3 is 0 Å². The van der Waals surface area contributed by atoms with Gasteiger partial charge in [-0.2, -0.15) is 0 Å². The Morgan fingerprint density at radius 1 is 1.00 bits per heavy atom. The molecule has 0 amide bonds. The first kappa shape index (κ1) is 12.2. The molecule has 1 N–H and O–H groups in total. The van der Waals surface area contributed by atoms with E-state index in [1.807, 2.05) is 30.3 Å². The van der Waals surface area contributed by atoms with E-state index in [0.717, 1.165) is 6.42 Å². The maximum Gasteiger partial charge on any atom is 0.0736 e. The number of carboxylic acids is 1. The average molecular weight is 240 g/mol. The van der Waals surface area contributed by atoms with E-state index in [4.69, 9.17) is 0 Å². The lowest BCUT2D eigenvalue weighted by Gasteiger charge is -2.12. The van der Waals surface area contributed by atoms with Crippen molar-refractivity contribution >= 4 is 11.7 Å². The number of carbonyl (C=O) groups excluding carboxylic acids is 1. The highest BCUT2D eigenvalue weighted by atomic mass is 16.4. The van der Waals surface area contributed by atoms with Crippen LogP contribution in [0, 0.1) is 0 Å². The summed E-state index contributed by atoms with van der Waals surface area (Å²) in [5.41, 5.74) is 2.02. The minimum absolute atomic E-state index is 0.200. The maximum absolute atomic E-state index is 10.9. The zero-order valence-electron chi connectivity index (χ0n) is 9.93. The quantitative estimate of drug-likeness (QED) is 0.865. The Hall–Kier alpha value is -2.29. The molecule has 3 nitrogen and oxygen atoms in total. The summed E-state index contributed by atoms with van der Waals surface area (Å²) in [7, 11) is 0. The molecule has 0 saturated carbocycles. The third-order valence-corrected chi connectivity index (χ3v) is 2.72. The molecule has 0 spiro atoms. The Labute approximate surface area is 106 Å². The molecule has 0 aliphatic heterocycles. The monoisotopic (exact) mass is 240 g/mol. The molecule has 2 aromatic rings. The van der Waals surface area contributed by atoms with E-state index in [2.05, 4.69) is 5.32 Å². The van der Waals surface area contributed by atoms with Gasteiger partial charge in [-0.1, -0.05) is 48.5 Å². The molecule has 0 radical (unpaired) electrons. The van der Waals surface area contributed by atoms with Gasteiger partial charge in [-0.05, 0) is 18.1 Å².